The lowest BCUT2D eigenvalue weighted by Crippen LogP contribution is -2.48. The maximum Gasteiger partial charge on any atom is 0.136 e. The average Bonchev–Trinajstić information content (AvgIpc) is 2.53. The topological polar surface area (TPSA) is 84.5 Å². The van der Waals surface area contributed by atoms with E-state index in [0.29, 0.717) is 13.2 Å². The fraction of sp³-hybridized carbons (Fsp3) is 0.333. The zero-order valence-electron chi connectivity index (χ0n) is 11.9. The maximum absolute atomic E-state index is 7.55. The van der Waals surface area contributed by atoms with Gasteiger partial charge in [-0.1, -0.05) is 0 Å². The lowest BCUT2D eigenvalue weighted by molar-refractivity contribution is 0.0824. The summed E-state index contributed by atoms with van der Waals surface area (Å²) in [6.45, 7) is 1.83. The van der Waals surface area contributed by atoms with Crippen molar-refractivity contribution in [2.45, 2.75) is 6.10 Å². The van der Waals surface area contributed by atoms with E-state index in [4.69, 9.17) is 20.6 Å². The minimum Gasteiger partial charge on any atom is -0.497 e. The van der Waals surface area contributed by atoms with E-state index in [9.17, 15) is 0 Å². The first-order valence-corrected chi connectivity index (χ1v) is 6.82. The molecule has 1 aliphatic rings. The van der Waals surface area contributed by atoms with Gasteiger partial charge in [0.1, 0.15) is 23.5 Å². The molecule has 1 unspecified atom stereocenters. The Kier molecular flexibility index (Phi) is 3.62. The Bertz CT molecular complexity index is 674. The zero-order valence-corrected chi connectivity index (χ0v) is 11.9. The van der Waals surface area contributed by atoms with E-state index in [0.717, 1.165) is 28.9 Å². The van der Waals surface area contributed by atoms with Crippen LogP contribution in [0.4, 0.5) is 5.82 Å². The zero-order chi connectivity index (χ0) is 14.8. The van der Waals surface area contributed by atoms with E-state index in [1.165, 1.54) is 0 Å². The van der Waals surface area contributed by atoms with Gasteiger partial charge >= 0.3 is 0 Å². The molecular weight excluding hydrogens is 268 g/mol. The number of nitrogens with one attached hydrogen (secondary N) is 1. The molecule has 6 nitrogen and oxygen atoms in total. The van der Waals surface area contributed by atoms with Crippen molar-refractivity contribution in [3.63, 3.8) is 0 Å². The van der Waals surface area contributed by atoms with Gasteiger partial charge in [-0.25, -0.2) is 4.98 Å². The Morgan fingerprint density at radius 3 is 3.10 bits per heavy atom. The van der Waals surface area contributed by atoms with Crippen molar-refractivity contribution >= 4 is 22.4 Å². The lowest BCUT2D eigenvalue weighted by Gasteiger charge is -2.33. The first-order chi connectivity index (χ1) is 10.2. The number of morpholine rings is 1. The number of hydrogen-bond acceptors (Lipinski definition) is 5. The van der Waals surface area contributed by atoms with Crippen LogP contribution in [-0.4, -0.2) is 43.7 Å². The summed E-state index contributed by atoms with van der Waals surface area (Å²) in [6, 6.07) is 7.89. The largest absolute Gasteiger partial charge is 0.497 e. The fourth-order valence-electron chi connectivity index (χ4n) is 2.55. The molecule has 2 heterocycles. The molecule has 0 saturated carbocycles. The third-order valence-electron chi connectivity index (χ3n) is 3.66. The third-order valence-corrected chi connectivity index (χ3v) is 3.66. The number of nitrogens with zero attached hydrogens (tertiary/aromatic N) is 2. The summed E-state index contributed by atoms with van der Waals surface area (Å²) in [5, 5.41) is 9.68. The van der Waals surface area contributed by atoms with E-state index in [2.05, 4.69) is 9.88 Å². The van der Waals surface area contributed by atoms with Gasteiger partial charge in [-0.3, -0.25) is 5.41 Å². The van der Waals surface area contributed by atoms with Crippen LogP contribution in [0.5, 0.6) is 5.75 Å². The number of nitrogens with two attached hydrogens (primary N) is 1. The van der Waals surface area contributed by atoms with E-state index in [-0.39, 0.29) is 11.9 Å². The van der Waals surface area contributed by atoms with Crippen LogP contribution in [0.3, 0.4) is 0 Å². The first kappa shape index (κ1) is 13.6. The van der Waals surface area contributed by atoms with Gasteiger partial charge in [0.05, 0.1) is 20.3 Å². The van der Waals surface area contributed by atoms with Gasteiger partial charge in [0.25, 0.3) is 0 Å². The summed E-state index contributed by atoms with van der Waals surface area (Å²) < 4.78 is 10.8. The number of hydrogen-bond donors (Lipinski definition) is 2. The van der Waals surface area contributed by atoms with E-state index < -0.39 is 0 Å². The molecule has 0 aliphatic carbocycles. The minimum atomic E-state index is -0.367. The number of aromatic nitrogens is 1. The van der Waals surface area contributed by atoms with Gasteiger partial charge in [-0.2, -0.15) is 0 Å². The molecule has 1 aromatic heterocycles. The average molecular weight is 286 g/mol. The summed E-state index contributed by atoms with van der Waals surface area (Å²) in [7, 11) is 1.66. The molecule has 0 amide bonds. The number of rotatable bonds is 3. The highest BCUT2D eigenvalue weighted by atomic mass is 16.5. The molecule has 3 N–H and O–H groups in total. The maximum atomic E-state index is 7.55. The van der Waals surface area contributed by atoms with E-state index in [1.54, 1.807) is 13.3 Å². The van der Waals surface area contributed by atoms with Crippen LogP contribution in [0.1, 0.15) is 0 Å². The Hall–Kier alpha value is -2.34. The Morgan fingerprint density at radius 1 is 1.48 bits per heavy atom. The first-order valence-electron chi connectivity index (χ1n) is 6.82. The molecule has 2 aromatic rings. The van der Waals surface area contributed by atoms with E-state index in [1.807, 2.05) is 24.3 Å². The normalized spacial score (nSPS) is 18.7. The molecule has 0 bridgehead atoms. The molecule has 0 radical (unpaired) electrons. The van der Waals surface area contributed by atoms with Crippen molar-refractivity contribution < 1.29 is 9.47 Å². The monoisotopic (exact) mass is 286 g/mol. The van der Waals surface area contributed by atoms with Gasteiger partial charge in [0.2, 0.25) is 0 Å². The summed E-state index contributed by atoms with van der Waals surface area (Å²) >= 11 is 0. The van der Waals surface area contributed by atoms with Crippen LogP contribution in [0, 0.1) is 5.41 Å². The second-order valence-corrected chi connectivity index (χ2v) is 4.98. The van der Waals surface area contributed by atoms with Gasteiger partial charge in [0.15, 0.2) is 0 Å². The number of anilines is 1. The quantitative estimate of drug-likeness (QED) is 0.658. The number of ether oxygens (including phenoxy) is 2. The number of pyridine rings is 1. The van der Waals surface area contributed by atoms with Crippen molar-refractivity contribution in [2.24, 2.45) is 5.73 Å². The second kappa shape index (κ2) is 5.57. The smallest absolute Gasteiger partial charge is 0.136 e. The lowest BCUT2D eigenvalue weighted by atomic mass is 10.1. The number of benzene rings is 1. The Morgan fingerprint density at radius 2 is 2.33 bits per heavy atom. The molecule has 1 aliphatic heterocycles. The molecule has 21 heavy (non-hydrogen) atoms. The highest BCUT2D eigenvalue weighted by molar-refractivity contribution is 5.93. The van der Waals surface area contributed by atoms with Crippen molar-refractivity contribution in [1.82, 2.24) is 4.98 Å². The molecule has 1 fully saturated rings. The van der Waals surface area contributed by atoms with Gasteiger partial charge in [-0.15, -0.1) is 0 Å². The van der Waals surface area contributed by atoms with Gasteiger partial charge in [-0.05, 0) is 29.7 Å². The van der Waals surface area contributed by atoms with Crippen LogP contribution in [0.15, 0.2) is 30.5 Å². The minimum absolute atomic E-state index is 0.0570. The van der Waals surface area contributed by atoms with Crippen molar-refractivity contribution in [3.05, 3.63) is 30.5 Å². The van der Waals surface area contributed by atoms with Crippen LogP contribution in [-0.2, 0) is 4.74 Å². The van der Waals surface area contributed by atoms with Gasteiger partial charge in [0, 0.05) is 18.1 Å². The molecule has 1 aromatic carbocycles. The predicted molar refractivity (Wildman–Crippen MR) is 82.2 cm³/mol. The molecule has 1 saturated heterocycles. The summed E-state index contributed by atoms with van der Waals surface area (Å²) in [4.78, 5) is 6.61. The molecule has 6 heteroatoms. The Labute approximate surface area is 123 Å². The number of amidine groups is 1. The summed E-state index contributed by atoms with van der Waals surface area (Å²) in [6.07, 6.45) is 1.42. The fourth-order valence-corrected chi connectivity index (χ4v) is 2.55. The Balaban J connectivity index is 1.98. The SMILES string of the molecule is COc1ccc2c(N3CCOC(C(=N)N)C3)nccc2c1. The van der Waals surface area contributed by atoms with Crippen molar-refractivity contribution in [1.29, 1.82) is 5.41 Å². The third kappa shape index (κ3) is 2.62. The summed E-state index contributed by atoms with van der Waals surface area (Å²) in [5.41, 5.74) is 5.55. The highest BCUT2D eigenvalue weighted by Crippen LogP contribution is 2.28. The molecular formula is C15H18N4O2. The number of methoxy groups -OCH3 is 1. The molecule has 0 spiro atoms. The van der Waals surface area contributed by atoms with Crippen LogP contribution < -0.4 is 15.4 Å². The highest BCUT2D eigenvalue weighted by Gasteiger charge is 2.24. The number of fused-ring (bicyclic) bond motifs is 1. The molecule has 3 rings (SSSR count). The molecule has 1 atom stereocenters. The van der Waals surface area contributed by atoms with Crippen molar-refractivity contribution in [3.8, 4) is 5.75 Å². The van der Waals surface area contributed by atoms with Crippen molar-refractivity contribution in [2.75, 3.05) is 31.7 Å². The van der Waals surface area contributed by atoms with Crippen LogP contribution in [0.25, 0.3) is 10.8 Å². The molecule has 110 valence electrons. The van der Waals surface area contributed by atoms with E-state index >= 15 is 0 Å². The van der Waals surface area contributed by atoms with Crippen LogP contribution in [0.2, 0.25) is 0 Å². The predicted octanol–water partition coefficient (Wildman–Crippen LogP) is 1.38. The summed E-state index contributed by atoms with van der Waals surface area (Å²) in [5.74, 6) is 1.77. The van der Waals surface area contributed by atoms with Crippen LogP contribution >= 0.6 is 0 Å². The second-order valence-electron chi connectivity index (χ2n) is 4.98. The van der Waals surface area contributed by atoms with Gasteiger partial charge < -0.3 is 20.1 Å². The standard InChI is InChI=1S/C15H18N4O2/c1-20-11-2-3-12-10(8-11)4-5-18-15(12)19-6-7-21-13(9-19)14(16)17/h2-5,8,13H,6-7,9H2,1H3,(H3,16,17).